The van der Waals surface area contributed by atoms with Crippen LogP contribution in [0.3, 0.4) is 0 Å². The predicted molar refractivity (Wildman–Crippen MR) is 150 cm³/mol. The minimum atomic E-state index is -0.554. The van der Waals surface area contributed by atoms with Gasteiger partial charge in [-0.05, 0) is 93.3 Å². The molecule has 9 nitrogen and oxygen atoms in total. The van der Waals surface area contributed by atoms with Crippen LogP contribution < -0.4 is 0 Å². The van der Waals surface area contributed by atoms with Crippen molar-refractivity contribution in [2.45, 2.75) is 83.6 Å². The Balaban J connectivity index is 1.29. The van der Waals surface area contributed by atoms with Crippen LogP contribution in [0.25, 0.3) is 10.9 Å². The van der Waals surface area contributed by atoms with E-state index in [0.29, 0.717) is 31.0 Å². The van der Waals surface area contributed by atoms with Gasteiger partial charge in [0.25, 0.3) is 0 Å². The molecule has 210 valence electrons. The van der Waals surface area contributed by atoms with E-state index in [1.165, 1.54) is 0 Å². The second kappa shape index (κ2) is 12.4. The maximum atomic E-state index is 12.7. The SMILES string of the molecule is CN(C(=O)OCCCc1c(Cl)cc2c(cnn2C2CCCCO2)c1Br)[C@@H]1CCCN(C(=O)OC(C)(C)C)C1. The molecule has 4 rings (SSSR count). The maximum Gasteiger partial charge on any atom is 0.410 e. The molecule has 2 amide bonds. The van der Waals surface area contributed by atoms with Crippen LogP contribution in [-0.2, 0) is 20.6 Å². The highest BCUT2D eigenvalue weighted by Crippen LogP contribution is 2.36. The van der Waals surface area contributed by atoms with E-state index in [1.54, 1.807) is 16.8 Å². The van der Waals surface area contributed by atoms with Gasteiger partial charge in [0.2, 0.25) is 0 Å². The summed E-state index contributed by atoms with van der Waals surface area (Å²) in [6.45, 7) is 7.61. The van der Waals surface area contributed by atoms with Gasteiger partial charge in [0, 0.05) is 41.6 Å². The molecule has 2 aliphatic rings. The molecule has 2 atom stereocenters. The highest BCUT2D eigenvalue weighted by Gasteiger charge is 2.31. The molecule has 3 heterocycles. The fourth-order valence-electron chi connectivity index (χ4n) is 4.96. The third kappa shape index (κ3) is 6.93. The molecule has 1 aromatic heterocycles. The molecule has 0 bridgehead atoms. The third-order valence-corrected chi connectivity index (χ3v) is 8.24. The summed E-state index contributed by atoms with van der Waals surface area (Å²) in [5, 5.41) is 6.21. The average molecular weight is 614 g/mol. The topological polar surface area (TPSA) is 86.1 Å². The Hall–Kier alpha value is -2.04. The molecule has 2 saturated heterocycles. The Morgan fingerprint density at radius 2 is 2.05 bits per heavy atom. The molecule has 0 aliphatic carbocycles. The zero-order valence-electron chi connectivity index (χ0n) is 22.7. The minimum Gasteiger partial charge on any atom is -0.449 e. The Morgan fingerprint density at radius 1 is 1.26 bits per heavy atom. The lowest BCUT2D eigenvalue weighted by Gasteiger charge is -2.37. The van der Waals surface area contributed by atoms with E-state index in [-0.39, 0.29) is 25.0 Å². The number of likely N-dealkylation sites (tertiary alicyclic amines) is 1. The molecule has 0 radical (unpaired) electrons. The Morgan fingerprint density at radius 3 is 2.76 bits per heavy atom. The fourth-order valence-corrected chi connectivity index (χ4v) is 6.08. The van der Waals surface area contributed by atoms with Gasteiger partial charge in [-0.25, -0.2) is 14.3 Å². The van der Waals surface area contributed by atoms with E-state index >= 15 is 0 Å². The molecule has 2 aliphatic heterocycles. The summed E-state index contributed by atoms with van der Waals surface area (Å²) in [6, 6.07) is 1.83. The van der Waals surface area contributed by atoms with Gasteiger partial charge >= 0.3 is 12.2 Å². The molecule has 0 N–H and O–H groups in total. The van der Waals surface area contributed by atoms with Gasteiger partial charge in [0.05, 0.1) is 24.4 Å². The van der Waals surface area contributed by atoms with Crippen LogP contribution >= 0.6 is 27.5 Å². The van der Waals surface area contributed by atoms with Crippen molar-refractivity contribution in [2.24, 2.45) is 0 Å². The van der Waals surface area contributed by atoms with Crippen molar-refractivity contribution in [3.63, 3.8) is 0 Å². The summed E-state index contributed by atoms with van der Waals surface area (Å²) < 4.78 is 19.8. The third-order valence-electron chi connectivity index (χ3n) is 7.00. The molecule has 38 heavy (non-hydrogen) atoms. The van der Waals surface area contributed by atoms with E-state index in [4.69, 9.17) is 25.8 Å². The minimum absolute atomic E-state index is 0.0631. The number of aromatic nitrogens is 2. The van der Waals surface area contributed by atoms with E-state index in [9.17, 15) is 9.59 Å². The van der Waals surface area contributed by atoms with Gasteiger partial charge in [-0.15, -0.1) is 0 Å². The van der Waals surface area contributed by atoms with Crippen molar-refractivity contribution in [1.82, 2.24) is 19.6 Å². The number of amides is 2. The molecule has 2 aromatic rings. The lowest BCUT2D eigenvalue weighted by Crippen LogP contribution is -2.51. The second-order valence-corrected chi connectivity index (χ2v) is 12.2. The van der Waals surface area contributed by atoms with Crippen LogP contribution in [0.15, 0.2) is 16.7 Å². The number of benzene rings is 1. The van der Waals surface area contributed by atoms with Crippen molar-refractivity contribution < 1.29 is 23.8 Å². The number of hydrogen-bond donors (Lipinski definition) is 0. The number of nitrogens with zero attached hydrogens (tertiary/aromatic N) is 4. The quantitative estimate of drug-likeness (QED) is 0.344. The normalized spacial score (nSPS) is 20.4. The smallest absolute Gasteiger partial charge is 0.410 e. The number of halogens is 2. The first-order valence-corrected chi connectivity index (χ1v) is 14.6. The first-order valence-electron chi connectivity index (χ1n) is 13.4. The van der Waals surface area contributed by atoms with Crippen molar-refractivity contribution in [1.29, 1.82) is 0 Å². The zero-order valence-corrected chi connectivity index (χ0v) is 25.0. The Bertz CT molecular complexity index is 1140. The Labute approximate surface area is 237 Å². The van der Waals surface area contributed by atoms with Crippen molar-refractivity contribution >= 4 is 50.6 Å². The fraction of sp³-hybridized carbons (Fsp3) is 0.667. The van der Waals surface area contributed by atoms with Crippen LogP contribution in [0.2, 0.25) is 5.02 Å². The number of piperidine rings is 1. The highest BCUT2D eigenvalue weighted by molar-refractivity contribution is 9.10. The van der Waals surface area contributed by atoms with E-state index in [2.05, 4.69) is 21.0 Å². The van der Waals surface area contributed by atoms with Gasteiger partial charge in [0.15, 0.2) is 6.23 Å². The van der Waals surface area contributed by atoms with Crippen molar-refractivity contribution in [3.8, 4) is 0 Å². The molecule has 0 spiro atoms. The summed E-state index contributed by atoms with van der Waals surface area (Å²) in [5.74, 6) is 0. The van der Waals surface area contributed by atoms with Crippen LogP contribution in [-0.4, -0.2) is 76.8 Å². The molecule has 2 fully saturated rings. The molecular weight excluding hydrogens is 576 g/mol. The van der Waals surface area contributed by atoms with Crippen LogP contribution in [0.5, 0.6) is 0 Å². The van der Waals surface area contributed by atoms with Gasteiger partial charge in [-0.3, -0.25) is 0 Å². The summed E-state index contributed by atoms with van der Waals surface area (Å²) in [4.78, 5) is 28.4. The molecule has 1 unspecified atom stereocenters. The number of fused-ring (bicyclic) bond motifs is 1. The van der Waals surface area contributed by atoms with Gasteiger partial charge in [-0.1, -0.05) is 11.6 Å². The maximum absolute atomic E-state index is 12.7. The van der Waals surface area contributed by atoms with Crippen molar-refractivity contribution in [2.75, 3.05) is 33.4 Å². The monoisotopic (exact) mass is 612 g/mol. The first kappa shape index (κ1) is 29.0. The van der Waals surface area contributed by atoms with Crippen molar-refractivity contribution in [3.05, 3.63) is 27.3 Å². The lowest BCUT2D eigenvalue weighted by molar-refractivity contribution is -0.0366. The molecule has 11 heteroatoms. The Kier molecular flexibility index (Phi) is 9.47. The summed E-state index contributed by atoms with van der Waals surface area (Å²) >= 11 is 10.4. The largest absolute Gasteiger partial charge is 0.449 e. The summed E-state index contributed by atoms with van der Waals surface area (Å²) in [7, 11) is 1.72. The van der Waals surface area contributed by atoms with E-state index in [1.807, 2.05) is 37.7 Å². The van der Waals surface area contributed by atoms with Crippen LogP contribution in [0, 0.1) is 0 Å². The number of carbonyl (C=O) groups is 2. The van der Waals surface area contributed by atoms with Crippen LogP contribution in [0.1, 0.15) is 71.1 Å². The van der Waals surface area contributed by atoms with E-state index < -0.39 is 11.7 Å². The number of hydrogen-bond acceptors (Lipinski definition) is 6. The van der Waals surface area contributed by atoms with Gasteiger partial charge in [0.1, 0.15) is 5.60 Å². The number of rotatable bonds is 6. The van der Waals surface area contributed by atoms with Gasteiger partial charge in [-0.2, -0.15) is 5.10 Å². The zero-order chi connectivity index (χ0) is 27.4. The predicted octanol–water partition coefficient (Wildman–Crippen LogP) is 6.55. The standard InChI is InChI=1S/C27H38BrClN4O5/c1-27(2,3)38-26(35)32-12-7-9-18(17-32)31(4)25(34)37-14-8-10-19-21(29)15-22-20(24(19)28)16-30-33(22)23-11-5-6-13-36-23/h15-16,18,23H,5-14,17H2,1-4H3/t18-,23?/m1/s1. The van der Waals surface area contributed by atoms with E-state index in [0.717, 1.165) is 59.7 Å². The van der Waals surface area contributed by atoms with Crippen LogP contribution in [0.4, 0.5) is 9.59 Å². The number of carbonyl (C=O) groups excluding carboxylic acids is 2. The number of ether oxygens (including phenoxy) is 3. The first-order chi connectivity index (χ1) is 18.0. The van der Waals surface area contributed by atoms with Gasteiger partial charge < -0.3 is 24.0 Å². The highest BCUT2D eigenvalue weighted by atomic mass is 79.9. The average Bonchev–Trinajstić information content (AvgIpc) is 3.31. The molecular formula is C27H38BrClN4O5. The second-order valence-electron chi connectivity index (χ2n) is 11.0. The summed E-state index contributed by atoms with van der Waals surface area (Å²) in [5.41, 5.74) is 1.35. The molecule has 0 saturated carbocycles. The summed E-state index contributed by atoms with van der Waals surface area (Å²) in [6.07, 6.45) is 7.07. The lowest BCUT2D eigenvalue weighted by atomic mass is 10.1. The number of likely N-dealkylation sites (N-methyl/N-ethyl adjacent to an activating group) is 1. The molecule has 1 aromatic carbocycles.